The number of hydrogen-bond acceptors (Lipinski definition) is 2. The summed E-state index contributed by atoms with van der Waals surface area (Å²) in [6, 6.07) is 11.0. The van der Waals surface area contributed by atoms with Crippen molar-refractivity contribution in [2.75, 3.05) is 13.2 Å². The lowest BCUT2D eigenvalue weighted by Crippen LogP contribution is -2.27. The SMILES string of the molecule is CC(OCC1CCCN1)c1ccccc1. The van der Waals surface area contributed by atoms with Crippen molar-refractivity contribution in [3.05, 3.63) is 35.9 Å². The van der Waals surface area contributed by atoms with Crippen LogP contribution in [0.2, 0.25) is 0 Å². The minimum absolute atomic E-state index is 0.202. The van der Waals surface area contributed by atoms with Gasteiger partial charge in [0.15, 0.2) is 0 Å². The van der Waals surface area contributed by atoms with Gasteiger partial charge in [0, 0.05) is 6.04 Å². The molecule has 2 atom stereocenters. The summed E-state index contributed by atoms with van der Waals surface area (Å²) in [6.45, 7) is 4.09. The Kier molecular flexibility index (Phi) is 3.75. The highest BCUT2D eigenvalue weighted by Crippen LogP contribution is 2.17. The zero-order valence-electron chi connectivity index (χ0n) is 9.28. The maximum absolute atomic E-state index is 5.85. The smallest absolute Gasteiger partial charge is 0.0797 e. The van der Waals surface area contributed by atoms with Crippen LogP contribution >= 0.6 is 0 Å². The third kappa shape index (κ3) is 3.05. The van der Waals surface area contributed by atoms with Gasteiger partial charge in [0.2, 0.25) is 0 Å². The molecule has 2 nitrogen and oxygen atoms in total. The maximum atomic E-state index is 5.85. The van der Waals surface area contributed by atoms with E-state index in [2.05, 4.69) is 36.5 Å². The van der Waals surface area contributed by atoms with Gasteiger partial charge in [-0.15, -0.1) is 0 Å². The van der Waals surface area contributed by atoms with Gasteiger partial charge >= 0.3 is 0 Å². The van der Waals surface area contributed by atoms with Crippen molar-refractivity contribution in [2.45, 2.75) is 31.9 Å². The molecule has 0 bridgehead atoms. The first kappa shape index (κ1) is 10.7. The summed E-state index contributed by atoms with van der Waals surface area (Å²) in [4.78, 5) is 0. The van der Waals surface area contributed by atoms with Gasteiger partial charge in [-0.3, -0.25) is 0 Å². The number of ether oxygens (including phenoxy) is 1. The van der Waals surface area contributed by atoms with Gasteiger partial charge in [-0.25, -0.2) is 0 Å². The molecule has 2 rings (SSSR count). The molecule has 1 N–H and O–H groups in total. The van der Waals surface area contributed by atoms with E-state index in [-0.39, 0.29) is 6.10 Å². The minimum Gasteiger partial charge on any atom is -0.372 e. The molecule has 1 saturated heterocycles. The summed E-state index contributed by atoms with van der Waals surface area (Å²) in [6.07, 6.45) is 2.74. The molecule has 0 aliphatic carbocycles. The highest BCUT2D eigenvalue weighted by atomic mass is 16.5. The van der Waals surface area contributed by atoms with E-state index in [9.17, 15) is 0 Å². The summed E-state index contributed by atoms with van der Waals surface area (Å²) in [7, 11) is 0. The zero-order chi connectivity index (χ0) is 10.5. The van der Waals surface area contributed by atoms with Gasteiger partial charge in [0.1, 0.15) is 0 Å². The van der Waals surface area contributed by atoms with E-state index in [1.54, 1.807) is 0 Å². The molecule has 0 spiro atoms. The second-order valence-corrected chi connectivity index (χ2v) is 4.18. The normalized spacial score (nSPS) is 22.9. The monoisotopic (exact) mass is 205 g/mol. The van der Waals surface area contributed by atoms with E-state index >= 15 is 0 Å². The minimum atomic E-state index is 0.202. The van der Waals surface area contributed by atoms with Crippen molar-refractivity contribution < 1.29 is 4.74 Å². The second kappa shape index (κ2) is 5.29. The van der Waals surface area contributed by atoms with Crippen LogP contribution < -0.4 is 5.32 Å². The highest BCUT2D eigenvalue weighted by Gasteiger charge is 2.15. The molecule has 0 aromatic heterocycles. The Balaban J connectivity index is 1.79. The average molecular weight is 205 g/mol. The topological polar surface area (TPSA) is 21.3 Å². The van der Waals surface area contributed by atoms with Gasteiger partial charge in [-0.1, -0.05) is 30.3 Å². The Morgan fingerprint density at radius 1 is 1.40 bits per heavy atom. The Morgan fingerprint density at radius 3 is 2.87 bits per heavy atom. The van der Waals surface area contributed by atoms with E-state index in [1.165, 1.54) is 18.4 Å². The molecule has 1 heterocycles. The molecule has 1 aromatic carbocycles. The van der Waals surface area contributed by atoms with Gasteiger partial charge in [-0.2, -0.15) is 0 Å². The maximum Gasteiger partial charge on any atom is 0.0797 e. The van der Waals surface area contributed by atoms with E-state index in [4.69, 9.17) is 4.74 Å². The Morgan fingerprint density at radius 2 is 2.20 bits per heavy atom. The Labute approximate surface area is 91.6 Å². The molecule has 0 radical (unpaired) electrons. The summed E-state index contributed by atoms with van der Waals surface area (Å²) in [5.41, 5.74) is 1.26. The molecule has 0 saturated carbocycles. The van der Waals surface area contributed by atoms with Crippen molar-refractivity contribution in [2.24, 2.45) is 0 Å². The van der Waals surface area contributed by atoms with Gasteiger partial charge in [0.05, 0.1) is 12.7 Å². The second-order valence-electron chi connectivity index (χ2n) is 4.18. The molecule has 0 amide bonds. The van der Waals surface area contributed by atoms with Crippen LogP contribution in [0.4, 0.5) is 0 Å². The first-order valence-electron chi connectivity index (χ1n) is 5.76. The molecule has 82 valence electrons. The van der Waals surface area contributed by atoms with Gasteiger partial charge in [0.25, 0.3) is 0 Å². The molecule has 1 fully saturated rings. The molecule has 2 heteroatoms. The van der Waals surface area contributed by atoms with E-state index < -0.39 is 0 Å². The first-order valence-corrected chi connectivity index (χ1v) is 5.76. The summed E-state index contributed by atoms with van der Waals surface area (Å²) in [5, 5.41) is 3.44. The van der Waals surface area contributed by atoms with Gasteiger partial charge < -0.3 is 10.1 Å². The van der Waals surface area contributed by atoms with Crippen molar-refractivity contribution in [1.82, 2.24) is 5.32 Å². The fourth-order valence-electron chi connectivity index (χ4n) is 1.98. The lowest BCUT2D eigenvalue weighted by atomic mass is 10.1. The lowest BCUT2D eigenvalue weighted by Gasteiger charge is -2.16. The van der Waals surface area contributed by atoms with Crippen LogP contribution in [0, 0.1) is 0 Å². The van der Waals surface area contributed by atoms with Crippen LogP contribution in [0.15, 0.2) is 30.3 Å². The Bertz CT molecular complexity index is 280. The molecule has 2 unspecified atom stereocenters. The average Bonchev–Trinajstić information content (AvgIpc) is 2.80. The van der Waals surface area contributed by atoms with Crippen LogP contribution in [0.25, 0.3) is 0 Å². The zero-order valence-corrected chi connectivity index (χ0v) is 9.28. The fraction of sp³-hybridized carbons (Fsp3) is 0.538. The van der Waals surface area contributed by atoms with Gasteiger partial charge in [-0.05, 0) is 31.9 Å². The standard InChI is InChI=1S/C13H19NO/c1-11(12-6-3-2-4-7-12)15-10-13-8-5-9-14-13/h2-4,6-7,11,13-14H,5,8-10H2,1H3. The largest absolute Gasteiger partial charge is 0.372 e. The quantitative estimate of drug-likeness (QED) is 0.815. The van der Waals surface area contributed by atoms with Crippen molar-refractivity contribution >= 4 is 0 Å². The Hall–Kier alpha value is -0.860. The summed E-state index contributed by atoms with van der Waals surface area (Å²) < 4.78 is 5.85. The lowest BCUT2D eigenvalue weighted by molar-refractivity contribution is 0.0525. The van der Waals surface area contributed by atoms with Crippen molar-refractivity contribution in [1.29, 1.82) is 0 Å². The molecule has 15 heavy (non-hydrogen) atoms. The predicted octanol–water partition coefficient (Wildman–Crippen LogP) is 2.52. The number of benzene rings is 1. The first-order chi connectivity index (χ1) is 7.36. The molecule has 1 aliphatic rings. The summed E-state index contributed by atoms with van der Waals surface area (Å²) in [5.74, 6) is 0. The number of rotatable bonds is 4. The third-order valence-corrected chi connectivity index (χ3v) is 2.98. The van der Waals surface area contributed by atoms with Crippen LogP contribution in [-0.4, -0.2) is 19.2 Å². The van der Waals surface area contributed by atoms with Crippen LogP contribution in [0.5, 0.6) is 0 Å². The van der Waals surface area contributed by atoms with Crippen molar-refractivity contribution in [3.8, 4) is 0 Å². The predicted molar refractivity (Wildman–Crippen MR) is 61.8 cm³/mol. The van der Waals surface area contributed by atoms with Crippen molar-refractivity contribution in [3.63, 3.8) is 0 Å². The molecular weight excluding hydrogens is 186 g/mol. The molecule has 1 aliphatic heterocycles. The number of hydrogen-bond donors (Lipinski definition) is 1. The van der Waals surface area contributed by atoms with Crippen LogP contribution in [-0.2, 0) is 4.74 Å². The molecule has 1 aromatic rings. The fourth-order valence-corrected chi connectivity index (χ4v) is 1.98. The van der Waals surface area contributed by atoms with Crippen LogP contribution in [0.3, 0.4) is 0 Å². The summed E-state index contributed by atoms with van der Waals surface area (Å²) >= 11 is 0. The van der Waals surface area contributed by atoms with Crippen LogP contribution in [0.1, 0.15) is 31.4 Å². The third-order valence-electron chi connectivity index (χ3n) is 2.98. The highest BCUT2D eigenvalue weighted by molar-refractivity contribution is 5.16. The van der Waals surface area contributed by atoms with E-state index in [0.717, 1.165) is 13.2 Å². The molecular formula is C13H19NO. The van der Waals surface area contributed by atoms with E-state index in [0.29, 0.717) is 6.04 Å². The number of nitrogens with one attached hydrogen (secondary N) is 1. The van der Waals surface area contributed by atoms with E-state index in [1.807, 2.05) is 6.07 Å².